The molecule has 1 atom stereocenters. The van der Waals surface area contributed by atoms with Crippen molar-refractivity contribution in [3.8, 4) is 5.75 Å². The van der Waals surface area contributed by atoms with Crippen LogP contribution >= 0.6 is 0 Å². The number of hydrogen-bond donors (Lipinski definition) is 2. The molecule has 0 amide bonds. The molecule has 0 spiro atoms. The molecule has 3 N–H and O–H groups in total. The zero-order chi connectivity index (χ0) is 22.7. The van der Waals surface area contributed by atoms with Gasteiger partial charge in [0.1, 0.15) is 17.2 Å². The quantitative estimate of drug-likeness (QED) is 0.328. The Morgan fingerprint density at radius 2 is 2.16 bits per heavy atom. The van der Waals surface area contributed by atoms with Crippen LogP contribution in [0.25, 0.3) is 0 Å². The van der Waals surface area contributed by atoms with Crippen LogP contribution in [0.1, 0.15) is 40.8 Å². The van der Waals surface area contributed by atoms with Gasteiger partial charge in [-0.3, -0.25) is 14.3 Å². The zero-order valence-corrected chi connectivity index (χ0v) is 17.6. The number of fused-ring (bicyclic) bond motifs is 1. The van der Waals surface area contributed by atoms with Crippen molar-refractivity contribution in [1.29, 1.82) is 0 Å². The van der Waals surface area contributed by atoms with Crippen molar-refractivity contribution < 1.29 is 19.3 Å². The number of carbonyl (C=O) groups excluding carboxylic acids is 2. The van der Waals surface area contributed by atoms with Crippen molar-refractivity contribution in [3.63, 3.8) is 0 Å². The first-order valence-corrected chi connectivity index (χ1v) is 10.3. The molecule has 3 heterocycles. The van der Waals surface area contributed by atoms with Crippen molar-refractivity contribution in [2.45, 2.75) is 45.1 Å². The number of nitrogens with two attached hydrogens (primary N) is 1. The van der Waals surface area contributed by atoms with Crippen molar-refractivity contribution in [3.05, 3.63) is 47.0 Å². The Balaban J connectivity index is 1.40. The minimum atomic E-state index is -1.18. The first-order valence-electron chi connectivity index (χ1n) is 10.3. The van der Waals surface area contributed by atoms with Crippen LogP contribution in [0, 0.1) is 0 Å². The number of para-hydroxylation sites is 1. The van der Waals surface area contributed by atoms with Gasteiger partial charge in [0.2, 0.25) is 0 Å². The highest BCUT2D eigenvalue weighted by Gasteiger charge is 2.37. The predicted molar refractivity (Wildman–Crippen MR) is 112 cm³/mol. The van der Waals surface area contributed by atoms with Crippen LogP contribution in [-0.4, -0.2) is 65.5 Å². The number of tetrazole rings is 1. The van der Waals surface area contributed by atoms with E-state index < -0.39 is 12.9 Å². The summed E-state index contributed by atoms with van der Waals surface area (Å²) in [6, 6.07) is 5.27. The molecule has 0 saturated carbocycles. The molecule has 32 heavy (non-hydrogen) atoms. The van der Waals surface area contributed by atoms with Gasteiger partial charge >= 0.3 is 7.12 Å². The number of Topliss-reactive ketones (excluding diaryl/α,β-unsaturated/α-hetero) is 2. The summed E-state index contributed by atoms with van der Waals surface area (Å²) in [5.74, 6) is 0.0829. The van der Waals surface area contributed by atoms with Crippen LogP contribution in [0.3, 0.4) is 0 Å². The Morgan fingerprint density at radius 1 is 1.31 bits per heavy atom. The number of benzene rings is 1. The molecule has 2 aromatic heterocycles. The molecule has 4 rings (SSSR count). The molecule has 0 bridgehead atoms. The molecule has 0 radical (unpaired) electrons. The molecular weight excluding hydrogens is 415 g/mol. The summed E-state index contributed by atoms with van der Waals surface area (Å²) in [5, 5.41) is 30.0. The molecule has 13 heteroatoms. The van der Waals surface area contributed by atoms with Crippen LogP contribution in [0.5, 0.6) is 5.75 Å². The van der Waals surface area contributed by atoms with Gasteiger partial charge in [0, 0.05) is 18.8 Å². The third kappa shape index (κ3) is 4.73. The van der Waals surface area contributed by atoms with E-state index in [0.29, 0.717) is 42.3 Å². The highest BCUT2D eigenvalue weighted by molar-refractivity contribution is 6.47. The van der Waals surface area contributed by atoms with Gasteiger partial charge in [-0.1, -0.05) is 17.3 Å². The lowest BCUT2D eigenvalue weighted by atomic mass is 9.64. The molecule has 0 fully saturated rings. The van der Waals surface area contributed by atoms with E-state index in [1.165, 1.54) is 11.6 Å². The largest absolute Gasteiger partial charge is 0.535 e. The normalized spacial score (nSPS) is 15.3. The van der Waals surface area contributed by atoms with Gasteiger partial charge in [0.15, 0.2) is 11.6 Å². The lowest BCUT2D eigenvalue weighted by Gasteiger charge is -2.28. The number of hydrogen-bond acceptors (Lipinski definition) is 10. The van der Waals surface area contributed by atoms with E-state index in [0.717, 1.165) is 5.56 Å². The lowest BCUT2D eigenvalue weighted by molar-refractivity contribution is -0.118. The maximum absolute atomic E-state index is 12.7. The van der Waals surface area contributed by atoms with E-state index in [4.69, 9.17) is 10.4 Å². The molecule has 1 aromatic carbocycles. The van der Waals surface area contributed by atoms with E-state index in [9.17, 15) is 14.6 Å². The van der Waals surface area contributed by atoms with E-state index in [-0.39, 0.29) is 31.0 Å². The van der Waals surface area contributed by atoms with Crippen LogP contribution in [0.15, 0.2) is 24.4 Å². The standard InChI is InChI=1S/C19H23BN8O4/c1-12(29)17-4-2-3-13-7-14(20(31)32-19(13)17)8-16(30)9-18-23-24-26-28(18)11-15-10-27(6-5-21)25-22-15/h2-4,10,14,31H,5-9,11,21H2,1H3/t14-/m1/s1. The van der Waals surface area contributed by atoms with Gasteiger partial charge in [-0.15, -0.1) is 10.2 Å². The fourth-order valence-corrected chi connectivity index (χ4v) is 3.75. The van der Waals surface area contributed by atoms with Crippen LogP contribution < -0.4 is 10.4 Å². The monoisotopic (exact) mass is 438 g/mol. The maximum Gasteiger partial charge on any atom is 0.526 e. The van der Waals surface area contributed by atoms with Gasteiger partial charge in [0.25, 0.3) is 0 Å². The topological polar surface area (TPSA) is 164 Å². The fourth-order valence-electron chi connectivity index (χ4n) is 3.75. The molecule has 12 nitrogen and oxygen atoms in total. The third-order valence-corrected chi connectivity index (χ3v) is 5.31. The number of aromatic nitrogens is 7. The molecule has 0 aliphatic carbocycles. The predicted octanol–water partition coefficient (Wildman–Crippen LogP) is -0.538. The molecule has 1 aliphatic rings. The Bertz CT molecular complexity index is 1130. The Kier molecular flexibility index (Phi) is 6.37. The highest BCUT2D eigenvalue weighted by Crippen LogP contribution is 2.36. The SMILES string of the molecule is CC(=O)c1cccc2c1OB(O)[C@@H](CC(=O)Cc1nnnn1Cc1cn(CCN)nn1)C2. The highest BCUT2D eigenvalue weighted by atomic mass is 16.5. The van der Waals surface area contributed by atoms with Crippen LogP contribution in [-0.2, 0) is 30.7 Å². The minimum Gasteiger partial charge on any atom is -0.535 e. The van der Waals surface area contributed by atoms with Gasteiger partial charge in [-0.05, 0) is 35.4 Å². The molecule has 166 valence electrons. The molecule has 0 saturated heterocycles. The van der Waals surface area contributed by atoms with Gasteiger partial charge < -0.3 is 15.4 Å². The van der Waals surface area contributed by atoms with E-state index in [2.05, 4.69) is 25.8 Å². The number of rotatable bonds is 9. The third-order valence-electron chi connectivity index (χ3n) is 5.31. The van der Waals surface area contributed by atoms with E-state index in [1.807, 2.05) is 6.07 Å². The summed E-state index contributed by atoms with van der Waals surface area (Å²) in [6.45, 7) is 2.72. The van der Waals surface area contributed by atoms with E-state index in [1.54, 1.807) is 23.0 Å². The molecule has 0 unspecified atom stereocenters. The first-order chi connectivity index (χ1) is 15.4. The summed E-state index contributed by atoms with van der Waals surface area (Å²) in [7, 11) is -1.18. The number of carbonyl (C=O) groups is 2. The second kappa shape index (κ2) is 9.36. The van der Waals surface area contributed by atoms with Crippen molar-refractivity contribution in [2.24, 2.45) is 5.73 Å². The van der Waals surface area contributed by atoms with Crippen LogP contribution in [0.2, 0.25) is 5.82 Å². The molecular formula is C19H23BN8O4. The first kappa shape index (κ1) is 21.8. The van der Waals surface area contributed by atoms with Crippen LogP contribution in [0.4, 0.5) is 0 Å². The fraction of sp³-hybridized carbons (Fsp3) is 0.421. The zero-order valence-electron chi connectivity index (χ0n) is 17.6. The average Bonchev–Trinajstić information content (AvgIpc) is 3.38. The number of ketones is 2. The van der Waals surface area contributed by atoms with Crippen molar-refractivity contribution in [1.82, 2.24) is 35.2 Å². The maximum atomic E-state index is 12.7. The second-order valence-electron chi connectivity index (χ2n) is 7.76. The summed E-state index contributed by atoms with van der Waals surface area (Å²) in [4.78, 5) is 24.5. The Hall–Kier alpha value is -3.45. The Morgan fingerprint density at radius 3 is 2.94 bits per heavy atom. The second-order valence-corrected chi connectivity index (χ2v) is 7.76. The average molecular weight is 438 g/mol. The van der Waals surface area contributed by atoms with Crippen molar-refractivity contribution >= 4 is 18.7 Å². The minimum absolute atomic E-state index is 0.00744. The summed E-state index contributed by atoms with van der Waals surface area (Å²) >= 11 is 0. The summed E-state index contributed by atoms with van der Waals surface area (Å²) < 4.78 is 8.73. The van der Waals surface area contributed by atoms with Gasteiger partial charge in [-0.25, -0.2) is 4.68 Å². The summed E-state index contributed by atoms with van der Waals surface area (Å²) in [6.07, 6.45) is 2.28. The van der Waals surface area contributed by atoms with Gasteiger partial charge in [-0.2, -0.15) is 0 Å². The molecule has 3 aromatic rings. The Labute approximate surface area is 183 Å². The van der Waals surface area contributed by atoms with E-state index >= 15 is 0 Å². The summed E-state index contributed by atoms with van der Waals surface area (Å²) in [5.41, 5.74) is 7.38. The number of nitrogens with zero attached hydrogens (tertiary/aromatic N) is 7. The lowest BCUT2D eigenvalue weighted by Crippen LogP contribution is -2.36. The van der Waals surface area contributed by atoms with Crippen molar-refractivity contribution in [2.75, 3.05) is 6.54 Å². The molecule has 1 aliphatic heterocycles. The smallest absolute Gasteiger partial charge is 0.526 e. The van der Waals surface area contributed by atoms with Gasteiger partial charge in [0.05, 0.1) is 31.3 Å².